The molecule has 0 aliphatic heterocycles. The van der Waals surface area contributed by atoms with Crippen LogP contribution in [0, 0.1) is 5.82 Å². The van der Waals surface area contributed by atoms with Gasteiger partial charge in [0.1, 0.15) is 5.82 Å². The molecule has 0 atom stereocenters. The van der Waals surface area contributed by atoms with Crippen LogP contribution in [0.4, 0.5) is 10.1 Å². The Hall–Kier alpha value is -2.47. The number of aromatic nitrogens is 1. The van der Waals surface area contributed by atoms with Crippen molar-refractivity contribution >= 4 is 29.1 Å². The molecule has 0 spiro atoms. The van der Waals surface area contributed by atoms with Crippen LogP contribution in [-0.4, -0.2) is 23.3 Å². The van der Waals surface area contributed by atoms with Crippen molar-refractivity contribution in [3.05, 3.63) is 59.1 Å². The fourth-order valence-electron chi connectivity index (χ4n) is 1.75. The predicted octanol–water partition coefficient (Wildman–Crippen LogP) is 2.63. The SMILES string of the molecule is O=C(CCNC(=O)c1c(F)cccc1Cl)Nc1cccnc1. The minimum Gasteiger partial charge on any atom is -0.351 e. The third-order valence-corrected chi connectivity index (χ3v) is 3.09. The Kier molecular flexibility index (Phi) is 5.43. The molecule has 1 aromatic heterocycles. The summed E-state index contributed by atoms with van der Waals surface area (Å²) < 4.78 is 13.5. The molecule has 2 aromatic rings. The second-order valence-electron chi connectivity index (χ2n) is 4.39. The number of pyridine rings is 1. The molecule has 1 heterocycles. The first kappa shape index (κ1) is 15.9. The first-order valence-corrected chi connectivity index (χ1v) is 6.88. The van der Waals surface area contributed by atoms with Crippen molar-refractivity contribution in [2.45, 2.75) is 6.42 Å². The van der Waals surface area contributed by atoms with Gasteiger partial charge in [0.05, 0.1) is 22.5 Å². The second kappa shape index (κ2) is 7.51. The summed E-state index contributed by atoms with van der Waals surface area (Å²) >= 11 is 5.79. The quantitative estimate of drug-likeness (QED) is 0.889. The van der Waals surface area contributed by atoms with Gasteiger partial charge in [-0.15, -0.1) is 0 Å². The molecule has 0 aliphatic carbocycles. The molecule has 7 heteroatoms. The largest absolute Gasteiger partial charge is 0.351 e. The van der Waals surface area contributed by atoms with Gasteiger partial charge in [0.25, 0.3) is 5.91 Å². The Labute approximate surface area is 131 Å². The van der Waals surface area contributed by atoms with Crippen LogP contribution in [0.25, 0.3) is 0 Å². The van der Waals surface area contributed by atoms with Crippen LogP contribution in [0.15, 0.2) is 42.7 Å². The summed E-state index contributed by atoms with van der Waals surface area (Å²) in [5.41, 5.74) is 0.341. The average Bonchev–Trinajstić information content (AvgIpc) is 2.48. The Balaban J connectivity index is 1.83. The van der Waals surface area contributed by atoms with E-state index in [-0.39, 0.29) is 29.5 Å². The van der Waals surface area contributed by atoms with Gasteiger partial charge < -0.3 is 10.6 Å². The number of rotatable bonds is 5. The summed E-state index contributed by atoms with van der Waals surface area (Å²) in [5.74, 6) is -1.64. The highest BCUT2D eigenvalue weighted by Gasteiger charge is 2.15. The molecular weight excluding hydrogens is 309 g/mol. The number of anilines is 1. The maximum absolute atomic E-state index is 13.5. The van der Waals surface area contributed by atoms with E-state index in [1.54, 1.807) is 18.3 Å². The zero-order chi connectivity index (χ0) is 15.9. The molecule has 114 valence electrons. The molecule has 0 fully saturated rings. The molecule has 22 heavy (non-hydrogen) atoms. The molecule has 1 aromatic carbocycles. The highest BCUT2D eigenvalue weighted by molar-refractivity contribution is 6.33. The van der Waals surface area contributed by atoms with Gasteiger partial charge in [-0.2, -0.15) is 0 Å². The van der Waals surface area contributed by atoms with Gasteiger partial charge in [-0.05, 0) is 24.3 Å². The number of nitrogens with one attached hydrogen (secondary N) is 2. The van der Waals surface area contributed by atoms with E-state index >= 15 is 0 Å². The summed E-state index contributed by atoms with van der Waals surface area (Å²) in [6, 6.07) is 7.38. The summed E-state index contributed by atoms with van der Waals surface area (Å²) in [6.07, 6.45) is 3.15. The number of hydrogen-bond donors (Lipinski definition) is 2. The number of benzene rings is 1. The van der Waals surface area contributed by atoms with Gasteiger partial charge in [0, 0.05) is 19.2 Å². The Morgan fingerprint density at radius 1 is 1.23 bits per heavy atom. The van der Waals surface area contributed by atoms with E-state index in [4.69, 9.17) is 11.6 Å². The summed E-state index contributed by atoms with van der Waals surface area (Å²) in [5, 5.41) is 5.11. The molecule has 2 N–H and O–H groups in total. The van der Waals surface area contributed by atoms with Crippen molar-refractivity contribution in [3.63, 3.8) is 0 Å². The van der Waals surface area contributed by atoms with E-state index < -0.39 is 11.7 Å². The number of carbonyl (C=O) groups excluding carboxylic acids is 2. The van der Waals surface area contributed by atoms with Crippen molar-refractivity contribution < 1.29 is 14.0 Å². The van der Waals surface area contributed by atoms with E-state index in [0.717, 1.165) is 6.07 Å². The molecule has 0 saturated heterocycles. The number of carbonyl (C=O) groups is 2. The van der Waals surface area contributed by atoms with Crippen LogP contribution in [0.5, 0.6) is 0 Å². The summed E-state index contributed by atoms with van der Waals surface area (Å²) in [6.45, 7) is 0.0651. The molecule has 2 amide bonds. The lowest BCUT2D eigenvalue weighted by Gasteiger charge is -2.08. The molecule has 0 aliphatic rings. The van der Waals surface area contributed by atoms with E-state index in [2.05, 4.69) is 15.6 Å². The van der Waals surface area contributed by atoms with Gasteiger partial charge in [-0.25, -0.2) is 4.39 Å². The third-order valence-electron chi connectivity index (χ3n) is 2.77. The second-order valence-corrected chi connectivity index (χ2v) is 4.80. The van der Waals surface area contributed by atoms with Crippen LogP contribution >= 0.6 is 11.6 Å². The predicted molar refractivity (Wildman–Crippen MR) is 81.2 cm³/mol. The molecule has 0 unspecified atom stereocenters. The zero-order valence-corrected chi connectivity index (χ0v) is 12.2. The van der Waals surface area contributed by atoms with Gasteiger partial charge >= 0.3 is 0 Å². The van der Waals surface area contributed by atoms with Crippen molar-refractivity contribution in [3.8, 4) is 0 Å². The summed E-state index contributed by atoms with van der Waals surface area (Å²) in [7, 11) is 0. The zero-order valence-electron chi connectivity index (χ0n) is 11.5. The van der Waals surface area contributed by atoms with E-state index in [0.29, 0.717) is 5.69 Å². The minimum absolute atomic E-state index is 0.0253. The molecule has 5 nitrogen and oxygen atoms in total. The van der Waals surface area contributed by atoms with E-state index in [9.17, 15) is 14.0 Å². The summed E-state index contributed by atoms with van der Waals surface area (Å²) in [4.78, 5) is 27.4. The lowest BCUT2D eigenvalue weighted by Crippen LogP contribution is -2.28. The van der Waals surface area contributed by atoms with Crippen molar-refractivity contribution in [1.29, 1.82) is 0 Å². The van der Waals surface area contributed by atoms with Gasteiger partial charge in [0.2, 0.25) is 5.91 Å². The van der Waals surface area contributed by atoms with Gasteiger partial charge in [0.15, 0.2) is 0 Å². The molecule has 0 radical (unpaired) electrons. The number of nitrogens with zero attached hydrogens (tertiary/aromatic N) is 1. The van der Waals surface area contributed by atoms with Crippen LogP contribution in [-0.2, 0) is 4.79 Å². The maximum Gasteiger partial charge on any atom is 0.255 e. The minimum atomic E-state index is -0.704. The highest BCUT2D eigenvalue weighted by atomic mass is 35.5. The maximum atomic E-state index is 13.5. The first-order chi connectivity index (χ1) is 10.6. The number of amides is 2. The fraction of sp³-hybridized carbons (Fsp3) is 0.133. The van der Waals surface area contributed by atoms with Crippen LogP contribution in [0.1, 0.15) is 16.8 Å². The standard InChI is InChI=1S/C15H13ClFN3O2/c16-11-4-1-5-12(17)14(11)15(22)19-8-6-13(21)20-10-3-2-7-18-9-10/h1-5,7,9H,6,8H2,(H,19,22)(H,20,21). The van der Waals surface area contributed by atoms with Crippen LogP contribution in [0.3, 0.4) is 0 Å². The molecule has 0 bridgehead atoms. The smallest absolute Gasteiger partial charge is 0.255 e. The molecular formula is C15H13ClFN3O2. The van der Waals surface area contributed by atoms with Crippen molar-refractivity contribution in [1.82, 2.24) is 10.3 Å². The van der Waals surface area contributed by atoms with Crippen LogP contribution in [0.2, 0.25) is 5.02 Å². The number of halogens is 2. The Morgan fingerprint density at radius 3 is 2.73 bits per heavy atom. The normalized spacial score (nSPS) is 10.1. The highest BCUT2D eigenvalue weighted by Crippen LogP contribution is 2.18. The van der Waals surface area contributed by atoms with Crippen molar-refractivity contribution in [2.24, 2.45) is 0 Å². The molecule has 2 rings (SSSR count). The molecule has 0 saturated carbocycles. The topological polar surface area (TPSA) is 71.1 Å². The van der Waals surface area contributed by atoms with Gasteiger partial charge in [-0.3, -0.25) is 14.6 Å². The van der Waals surface area contributed by atoms with Crippen LogP contribution < -0.4 is 10.6 Å². The lowest BCUT2D eigenvalue weighted by molar-refractivity contribution is -0.116. The number of hydrogen-bond acceptors (Lipinski definition) is 3. The lowest BCUT2D eigenvalue weighted by atomic mass is 10.2. The third kappa shape index (κ3) is 4.26. The monoisotopic (exact) mass is 321 g/mol. The van der Waals surface area contributed by atoms with E-state index in [1.165, 1.54) is 18.3 Å². The van der Waals surface area contributed by atoms with E-state index in [1.807, 2.05) is 0 Å². The Morgan fingerprint density at radius 2 is 2.05 bits per heavy atom. The van der Waals surface area contributed by atoms with Gasteiger partial charge in [-0.1, -0.05) is 17.7 Å². The average molecular weight is 322 g/mol. The Bertz CT molecular complexity index is 659. The fourth-order valence-corrected chi connectivity index (χ4v) is 2.00. The first-order valence-electron chi connectivity index (χ1n) is 6.50. The van der Waals surface area contributed by atoms with Crippen molar-refractivity contribution in [2.75, 3.05) is 11.9 Å².